The molecule has 4 amide bonds. The second-order valence-electron chi connectivity index (χ2n) is 18.9. The highest BCUT2D eigenvalue weighted by molar-refractivity contribution is 5.94. The molecule has 0 heterocycles. The van der Waals surface area contributed by atoms with Gasteiger partial charge in [0.25, 0.3) is 11.8 Å². The Balaban J connectivity index is 1.96. The SMILES string of the molecule is CCCCCCCCCCCCN(CCCCCCCCCCCC)C(=O)COc1ccc(N=Nc2ccc(C(=O)N(CCNC(=O)[C@@H](N)CCCCN)CCNC(=O)[C@@H](N)CCCCN)cc2)cc1. The van der Waals surface area contributed by atoms with Crippen molar-refractivity contribution in [2.24, 2.45) is 33.2 Å². The Labute approximate surface area is 422 Å². The normalized spacial score (nSPS) is 12.2. The lowest BCUT2D eigenvalue weighted by molar-refractivity contribution is -0.133. The van der Waals surface area contributed by atoms with E-state index in [1.165, 1.54) is 103 Å². The fourth-order valence-corrected chi connectivity index (χ4v) is 8.24. The third-order valence-corrected chi connectivity index (χ3v) is 12.8. The molecule has 396 valence electrons. The molecule has 15 nitrogen and oxygen atoms in total. The standard InChI is InChI=1S/C55H96N10O5/c1-3-5-7-9-11-13-15-17-19-25-41-64(42-26-20-18-16-14-12-10-8-6-4-2)52(66)45-70-49-35-33-48(34-36-49)63-62-47-31-29-46(30-32-47)55(69)65(43-39-60-53(67)50(58)27-21-23-37-56)44-40-61-54(68)51(59)28-22-24-38-57/h29-36,50-51H,3-28,37-45,56-59H2,1-2H3,(H,60,67)(H,61,68)/t50-,51-/m0/s1. The number of hydrogen-bond donors (Lipinski definition) is 6. The van der Waals surface area contributed by atoms with Gasteiger partial charge in [0.15, 0.2) is 6.61 Å². The minimum atomic E-state index is -0.663. The van der Waals surface area contributed by atoms with Gasteiger partial charge in [-0.15, -0.1) is 0 Å². The summed E-state index contributed by atoms with van der Waals surface area (Å²) in [6.45, 7) is 7.92. The van der Waals surface area contributed by atoms with Crippen LogP contribution < -0.4 is 38.3 Å². The van der Waals surface area contributed by atoms with Crippen molar-refractivity contribution < 1.29 is 23.9 Å². The zero-order chi connectivity index (χ0) is 50.9. The fourth-order valence-electron chi connectivity index (χ4n) is 8.24. The summed E-state index contributed by atoms with van der Waals surface area (Å²) in [4.78, 5) is 56.1. The summed E-state index contributed by atoms with van der Waals surface area (Å²) in [6, 6.07) is 12.6. The van der Waals surface area contributed by atoms with Gasteiger partial charge in [-0.2, -0.15) is 10.2 Å². The molecule has 0 aliphatic carbocycles. The van der Waals surface area contributed by atoms with E-state index in [4.69, 9.17) is 27.7 Å². The highest BCUT2D eigenvalue weighted by atomic mass is 16.5. The maximum absolute atomic E-state index is 13.8. The lowest BCUT2D eigenvalue weighted by Gasteiger charge is -2.24. The molecule has 0 radical (unpaired) electrons. The van der Waals surface area contributed by atoms with Gasteiger partial charge in [0, 0.05) is 44.8 Å². The quantitative estimate of drug-likeness (QED) is 0.0273. The molecular formula is C55H96N10O5. The smallest absolute Gasteiger partial charge is 0.260 e. The predicted molar refractivity (Wildman–Crippen MR) is 287 cm³/mol. The first-order chi connectivity index (χ1) is 34.1. The molecule has 2 rings (SSSR count). The molecule has 0 spiro atoms. The molecule has 15 heteroatoms. The van der Waals surface area contributed by atoms with Crippen LogP contribution in [0.5, 0.6) is 5.75 Å². The summed E-state index contributed by atoms with van der Waals surface area (Å²) < 4.78 is 5.99. The van der Waals surface area contributed by atoms with E-state index in [0.29, 0.717) is 48.6 Å². The number of nitrogens with two attached hydrogens (primary N) is 4. The number of azo groups is 1. The van der Waals surface area contributed by atoms with Gasteiger partial charge >= 0.3 is 0 Å². The summed E-state index contributed by atoms with van der Waals surface area (Å²) in [7, 11) is 0. The first kappa shape index (κ1) is 61.7. The van der Waals surface area contributed by atoms with Gasteiger partial charge in [-0.05, 0) is 100 Å². The van der Waals surface area contributed by atoms with Crippen molar-refractivity contribution in [3.05, 3.63) is 54.1 Å². The molecule has 0 unspecified atom stereocenters. The van der Waals surface area contributed by atoms with Crippen LogP contribution in [-0.4, -0.2) is 104 Å². The number of nitrogens with one attached hydrogen (secondary N) is 2. The van der Waals surface area contributed by atoms with Crippen LogP contribution in [0.4, 0.5) is 11.4 Å². The summed E-state index contributed by atoms with van der Waals surface area (Å²) in [5, 5.41) is 14.4. The monoisotopic (exact) mass is 977 g/mol. The number of ether oxygens (including phenoxy) is 1. The van der Waals surface area contributed by atoms with Crippen LogP contribution in [0, 0.1) is 0 Å². The molecule has 0 bridgehead atoms. The van der Waals surface area contributed by atoms with Crippen LogP contribution in [-0.2, 0) is 14.4 Å². The molecule has 2 aromatic rings. The van der Waals surface area contributed by atoms with Gasteiger partial charge < -0.3 is 48.1 Å². The largest absolute Gasteiger partial charge is 0.484 e. The average molecular weight is 977 g/mol. The predicted octanol–water partition coefficient (Wildman–Crippen LogP) is 9.74. The van der Waals surface area contributed by atoms with E-state index in [1.54, 1.807) is 53.4 Å². The van der Waals surface area contributed by atoms with Crippen LogP contribution in [0.1, 0.15) is 191 Å². The van der Waals surface area contributed by atoms with Crippen LogP contribution in [0.3, 0.4) is 0 Å². The maximum Gasteiger partial charge on any atom is 0.260 e. The lowest BCUT2D eigenvalue weighted by atomic mass is 10.1. The van der Waals surface area contributed by atoms with Crippen molar-refractivity contribution in [1.82, 2.24) is 20.4 Å². The molecule has 0 aliphatic rings. The summed E-state index contributed by atoms with van der Waals surface area (Å²) in [5.74, 6) is -0.240. The van der Waals surface area contributed by atoms with Gasteiger partial charge in [-0.3, -0.25) is 19.2 Å². The Morgan fingerprint density at radius 2 is 0.886 bits per heavy atom. The average Bonchev–Trinajstić information content (AvgIpc) is 3.37. The lowest BCUT2D eigenvalue weighted by Crippen LogP contribution is -2.47. The van der Waals surface area contributed by atoms with E-state index in [0.717, 1.165) is 64.5 Å². The molecule has 0 saturated heterocycles. The minimum Gasteiger partial charge on any atom is -0.484 e. The van der Waals surface area contributed by atoms with Crippen LogP contribution in [0.25, 0.3) is 0 Å². The number of carbonyl (C=O) groups excluding carboxylic acids is 4. The molecule has 0 fully saturated rings. The Hall–Kier alpha value is -4.44. The van der Waals surface area contributed by atoms with Gasteiger partial charge in [0.1, 0.15) is 5.75 Å². The van der Waals surface area contributed by atoms with Crippen molar-refractivity contribution in [2.75, 3.05) is 59.0 Å². The Morgan fingerprint density at radius 1 is 0.500 bits per heavy atom. The molecule has 2 atom stereocenters. The number of benzene rings is 2. The molecule has 10 N–H and O–H groups in total. The van der Waals surface area contributed by atoms with Crippen LogP contribution in [0.2, 0.25) is 0 Å². The number of nitrogens with zero attached hydrogens (tertiary/aromatic N) is 4. The number of rotatable bonds is 44. The highest BCUT2D eigenvalue weighted by Gasteiger charge is 2.20. The molecule has 0 aliphatic heterocycles. The van der Waals surface area contributed by atoms with Crippen molar-refractivity contribution in [2.45, 2.75) is 193 Å². The van der Waals surface area contributed by atoms with Crippen molar-refractivity contribution in [3.63, 3.8) is 0 Å². The third-order valence-electron chi connectivity index (χ3n) is 12.8. The van der Waals surface area contributed by atoms with E-state index in [1.807, 2.05) is 4.90 Å². The van der Waals surface area contributed by atoms with Gasteiger partial charge in [0.2, 0.25) is 11.8 Å². The highest BCUT2D eigenvalue weighted by Crippen LogP contribution is 2.23. The van der Waals surface area contributed by atoms with Crippen molar-refractivity contribution >= 4 is 35.0 Å². The number of hydrogen-bond acceptors (Lipinski definition) is 11. The molecular weight excluding hydrogens is 881 g/mol. The first-order valence-electron chi connectivity index (χ1n) is 27.4. The Morgan fingerprint density at radius 3 is 1.29 bits per heavy atom. The minimum absolute atomic E-state index is 0.00423. The number of amides is 4. The second kappa shape index (κ2) is 41.2. The molecule has 0 aromatic heterocycles. The van der Waals surface area contributed by atoms with Gasteiger partial charge in [-0.25, -0.2) is 0 Å². The molecule has 0 saturated carbocycles. The van der Waals surface area contributed by atoms with Gasteiger partial charge in [0.05, 0.1) is 23.5 Å². The number of unbranched alkanes of at least 4 members (excludes halogenated alkanes) is 20. The summed E-state index contributed by atoms with van der Waals surface area (Å²) in [6.07, 6.45) is 29.4. The maximum atomic E-state index is 13.8. The van der Waals surface area contributed by atoms with Crippen molar-refractivity contribution in [3.8, 4) is 5.75 Å². The van der Waals surface area contributed by atoms with Crippen LogP contribution >= 0.6 is 0 Å². The zero-order valence-corrected chi connectivity index (χ0v) is 43.7. The summed E-state index contributed by atoms with van der Waals surface area (Å²) in [5.41, 5.74) is 24.8. The van der Waals surface area contributed by atoms with E-state index in [-0.39, 0.29) is 56.4 Å². The molecule has 70 heavy (non-hydrogen) atoms. The number of carbonyl (C=O) groups is 4. The van der Waals surface area contributed by atoms with E-state index < -0.39 is 12.1 Å². The van der Waals surface area contributed by atoms with Crippen LogP contribution in [0.15, 0.2) is 58.8 Å². The molecule has 2 aromatic carbocycles. The van der Waals surface area contributed by atoms with Gasteiger partial charge in [-0.1, -0.05) is 142 Å². The zero-order valence-electron chi connectivity index (χ0n) is 43.7. The first-order valence-corrected chi connectivity index (χ1v) is 27.4. The van der Waals surface area contributed by atoms with E-state index >= 15 is 0 Å². The van der Waals surface area contributed by atoms with E-state index in [9.17, 15) is 19.2 Å². The second-order valence-corrected chi connectivity index (χ2v) is 18.9. The Bertz CT molecular complexity index is 1620. The summed E-state index contributed by atoms with van der Waals surface area (Å²) >= 11 is 0. The van der Waals surface area contributed by atoms with Crippen molar-refractivity contribution in [1.29, 1.82) is 0 Å². The van der Waals surface area contributed by atoms with E-state index in [2.05, 4.69) is 34.7 Å². The fraction of sp³-hybridized carbons (Fsp3) is 0.709. The third kappa shape index (κ3) is 29.7. The topological polar surface area (TPSA) is 237 Å². The Kier molecular flexibility index (Phi) is 36.3.